The molecule has 0 bridgehead atoms. The summed E-state index contributed by atoms with van der Waals surface area (Å²) in [4.78, 5) is 55.8. The molecule has 2 saturated carbocycles. The van der Waals surface area contributed by atoms with Crippen LogP contribution >= 0.6 is 0 Å². The van der Waals surface area contributed by atoms with Crippen LogP contribution in [-0.2, 0) is 29.1 Å². The fourth-order valence-corrected chi connectivity index (χ4v) is 7.53. The van der Waals surface area contributed by atoms with Crippen LogP contribution in [0.5, 0.6) is 0 Å². The minimum Gasteiger partial charge on any atom is -0.437 e. The van der Waals surface area contributed by atoms with Gasteiger partial charge in [0, 0.05) is 19.4 Å². The number of rotatable bonds is 7. The SMILES string of the molecule is CC[C@@H]1C[C@H](C)CC/C=C\[C@@H]2C[C@@]2(C(=O)NS(=O)(=O)C2(C)CC2)NC(=O)[C@@H]2CCCN2C(=O)[C@H]1NC(=O)OC(C)(C)C(C)(F)F. The van der Waals surface area contributed by atoms with Crippen LogP contribution in [-0.4, -0.2) is 77.6 Å². The molecule has 2 aliphatic carbocycles. The molecule has 0 unspecified atom stereocenters. The van der Waals surface area contributed by atoms with Crippen LogP contribution in [0.4, 0.5) is 13.6 Å². The van der Waals surface area contributed by atoms with Crippen LogP contribution < -0.4 is 15.4 Å². The number of allylic oxidation sites excluding steroid dienone is 1. The highest BCUT2D eigenvalue weighted by Crippen LogP contribution is 2.47. The fraction of sp³-hybridized carbons (Fsp3) is 0.806. The molecule has 11 nitrogen and oxygen atoms in total. The molecule has 4 amide bonds. The maximum absolute atomic E-state index is 14.2. The van der Waals surface area contributed by atoms with Gasteiger partial charge in [-0.2, -0.15) is 0 Å². The number of halogens is 2. The van der Waals surface area contributed by atoms with Crippen LogP contribution in [0.1, 0.15) is 99.3 Å². The summed E-state index contributed by atoms with van der Waals surface area (Å²) in [6.07, 6.45) is 6.90. The first-order valence-electron chi connectivity index (χ1n) is 16.0. The van der Waals surface area contributed by atoms with E-state index in [4.69, 9.17) is 4.74 Å². The van der Waals surface area contributed by atoms with Gasteiger partial charge in [0.1, 0.15) is 17.6 Å². The zero-order chi connectivity index (χ0) is 33.6. The van der Waals surface area contributed by atoms with Crippen molar-refractivity contribution in [2.45, 2.75) is 133 Å². The summed E-state index contributed by atoms with van der Waals surface area (Å²) in [5.41, 5.74) is -3.61. The Bertz CT molecular complexity index is 1330. The Morgan fingerprint density at radius 2 is 1.84 bits per heavy atom. The summed E-state index contributed by atoms with van der Waals surface area (Å²) in [7, 11) is -3.95. The average molecular weight is 659 g/mol. The third-order valence-electron chi connectivity index (χ3n) is 10.3. The Kier molecular flexibility index (Phi) is 9.70. The zero-order valence-corrected chi connectivity index (χ0v) is 27.9. The molecule has 2 heterocycles. The first-order valence-corrected chi connectivity index (χ1v) is 17.5. The molecule has 3 fully saturated rings. The van der Waals surface area contributed by atoms with Crippen molar-refractivity contribution in [2.75, 3.05) is 6.54 Å². The lowest BCUT2D eigenvalue weighted by molar-refractivity contribution is -0.152. The second-order valence-electron chi connectivity index (χ2n) is 14.3. The monoisotopic (exact) mass is 658 g/mol. The van der Waals surface area contributed by atoms with Gasteiger partial charge in [-0.15, -0.1) is 0 Å². The lowest BCUT2D eigenvalue weighted by Crippen LogP contribution is -2.60. The quantitative estimate of drug-likeness (QED) is 0.352. The molecule has 254 valence electrons. The van der Waals surface area contributed by atoms with E-state index in [1.165, 1.54) is 4.90 Å². The largest absolute Gasteiger partial charge is 0.437 e. The fourth-order valence-electron chi connectivity index (χ4n) is 6.22. The van der Waals surface area contributed by atoms with Crippen LogP contribution in [0.15, 0.2) is 12.2 Å². The minimum absolute atomic E-state index is 0.111. The second kappa shape index (κ2) is 12.4. The molecule has 2 aliphatic heterocycles. The Balaban J connectivity index is 1.62. The number of alkyl halides is 2. The molecular weight excluding hydrogens is 610 g/mol. The Hall–Kier alpha value is -2.77. The number of ether oxygens (including phenoxy) is 1. The van der Waals surface area contributed by atoms with E-state index in [1.807, 2.05) is 26.0 Å². The second-order valence-corrected chi connectivity index (χ2v) is 16.5. The molecule has 6 atom stereocenters. The number of carbonyl (C=O) groups is 4. The van der Waals surface area contributed by atoms with Crippen LogP contribution in [0.3, 0.4) is 0 Å². The number of alkyl carbamates (subject to hydrolysis) is 1. The number of carbonyl (C=O) groups excluding carboxylic acids is 4. The molecule has 14 heteroatoms. The molecule has 0 spiro atoms. The van der Waals surface area contributed by atoms with E-state index in [9.17, 15) is 36.4 Å². The molecule has 4 rings (SSSR count). The first-order chi connectivity index (χ1) is 20.8. The molecule has 45 heavy (non-hydrogen) atoms. The lowest BCUT2D eigenvalue weighted by Gasteiger charge is -2.35. The van der Waals surface area contributed by atoms with Gasteiger partial charge in [-0.05, 0) is 84.0 Å². The standard InChI is InChI=1S/C31H48F2N4O7S/c1-7-20-17-19(2)11-8-9-12-21-18-31(21,26(40)36-45(42,43)29(5)14-15-29)35-24(38)22-13-10-16-37(22)25(39)23(20)34-27(41)44-28(3,4)30(6,32)33/h9,12,19-23H,7-8,10-11,13-18H2,1-6H3,(H,34,41)(H,35,38)(H,36,40)/b12-9-/t19-,20-,21-,22+,23+,31-/m1/s1. The van der Waals surface area contributed by atoms with E-state index in [0.29, 0.717) is 51.9 Å². The summed E-state index contributed by atoms with van der Waals surface area (Å²) in [6, 6.07) is -2.11. The van der Waals surface area contributed by atoms with Crippen molar-refractivity contribution < 1.29 is 41.1 Å². The van der Waals surface area contributed by atoms with Gasteiger partial charge in [-0.25, -0.2) is 22.0 Å². The normalized spacial score (nSPS) is 33.0. The number of nitrogens with zero attached hydrogens (tertiary/aromatic N) is 1. The number of amides is 4. The van der Waals surface area contributed by atoms with Crippen LogP contribution in [0.2, 0.25) is 0 Å². The zero-order valence-electron chi connectivity index (χ0n) is 27.1. The summed E-state index contributed by atoms with van der Waals surface area (Å²) in [6.45, 7) is 8.51. The number of hydrogen-bond donors (Lipinski definition) is 3. The summed E-state index contributed by atoms with van der Waals surface area (Å²) < 4.78 is 60.3. The predicted octanol–water partition coefficient (Wildman–Crippen LogP) is 3.78. The molecular formula is C31H48F2N4O7S. The van der Waals surface area contributed by atoms with E-state index in [2.05, 4.69) is 15.4 Å². The van der Waals surface area contributed by atoms with Crippen LogP contribution in [0.25, 0.3) is 0 Å². The van der Waals surface area contributed by atoms with Crippen molar-refractivity contribution in [3.63, 3.8) is 0 Å². The third kappa shape index (κ3) is 7.30. The maximum atomic E-state index is 14.2. The van der Waals surface area contributed by atoms with Gasteiger partial charge in [-0.1, -0.05) is 32.4 Å². The summed E-state index contributed by atoms with van der Waals surface area (Å²) in [5.74, 6) is -5.94. The van der Waals surface area contributed by atoms with E-state index >= 15 is 0 Å². The number of hydrogen-bond acceptors (Lipinski definition) is 7. The maximum Gasteiger partial charge on any atom is 0.408 e. The van der Waals surface area contributed by atoms with Crippen molar-refractivity contribution in [1.82, 2.24) is 20.3 Å². The Morgan fingerprint density at radius 1 is 1.18 bits per heavy atom. The first kappa shape index (κ1) is 35.1. The van der Waals surface area contributed by atoms with Gasteiger partial charge in [0.2, 0.25) is 21.8 Å². The van der Waals surface area contributed by atoms with Crippen molar-refractivity contribution in [2.24, 2.45) is 17.8 Å². The predicted molar refractivity (Wildman–Crippen MR) is 162 cm³/mol. The van der Waals surface area contributed by atoms with Gasteiger partial charge >= 0.3 is 6.09 Å². The van der Waals surface area contributed by atoms with E-state index < -0.39 is 73.6 Å². The number of nitrogens with one attached hydrogen (secondary N) is 3. The molecule has 3 N–H and O–H groups in total. The topological polar surface area (TPSA) is 151 Å². The van der Waals surface area contributed by atoms with Gasteiger partial charge < -0.3 is 20.3 Å². The minimum atomic E-state index is -3.95. The van der Waals surface area contributed by atoms with Gasteiger partial charge in [0.15, 0.2) is 5.60 Å². The van der Waals surface area contributed by atoms with Crippen molar-refractivity contribution in [1.29, 1.82) is 0 Å². The smallest absolute Gasteiger partial charge is 0.408 e. The highest BCUT2D eigenvalue weighted by molar-refractivity contribution is 7.91. The van der Waals surface area contributed by atoms with Crippen molar-refractivity contribution in [3.05, 3.63) is 12.2 Å². The van der Waals surface area contributed by atoms with Crippen molar-refractivity contribution in [3.8, 4) is 0 Å². The van der Waals surface area contributed by atoms with Gasteiger partial charge in [0.25, 0.3) is 11.8 Å². The summed E-state index contributed by atoms with van der Waals surface area (Å²) in [5, 5.41) is 5.37. The third-order valence-corrected chi connectivity index (χ3v) is 12.4. The molecule has 0 aromatic rings. The molecule has 0 aromatic heterocycles. The highest BCUT2D eigenvalue weighted by atomic mass is 32.2. The Morgan fingerprint density at radius 3 is 2.44 bits per heavy atom. The summed E-state index contributed by atoms with van der Waals surface area (Å²) >= 11 is 0. The number of fused-ring (bicyclic) bond motifs is 2. The molecule has 1 saturated heterocycles. The lowest BCUT2D eigenvalue weighted by atomic mass is 9.85. The van der Waals surface area contributed by atoms with E-state index in [0.717, 1.165) is 20.3 Å². The Labute approximate surface area is 264 Å². The van der Waals surface area contributed by atoms with Gasteiger partial charge in [0.05, 0.1) is 4.75 Å². The molecule has 0 radical (unpaired) electrons. The van der Waals surface area contributed by atoms with Crippen LogP contribution in [0, 0.1) is 17.8 Å². The molecule has 0 aromatic carbocycles. The number of sulfonamides is 1. The average Bonchev–Trinajstić information content (AvgIpc) is 3.79. The van der Waals surface area contributed by atoms with E-state index in [1.54, 1.807) is 6.92 Å². The van der Waals surface area contributed by atoms with E-state index in [-0.39, 0.29) is 24.8 Å². The highest BCUT2D eigenvalue weighted by Gasteiger charge is 2.63. The van der Waals surface area contributed by atoms with Crippen molar-refractivity contribution >= 4 is 33.8 Å². The molecule has 4 aliphatic rings. The van der Waals surface area contributed by atoms with Gasteiger partial charge in [-0.3, -0.25) is 19.1 Å².